The largest absolute Gasteiger partial charge is 0.480 e. The van der Waals surface area contributed by atoms with E-state index in [9.17, 15) is 24.3 Å². The van der Waals surface area contributed by atoms with E-state index in [1.807, 2.05) is 24.3 Å². The summed E-state index contributed by atoms with van der Waals surface area (Å²) in [7, 11) is 0. The average Bonchev–Trinajstić information content (AvgIpc) is 3.17. The number of thiol groups is 1. The van der Waals surface area contributed by atoms with Crippen LogP contribution in [0.15, 0.2) is 30.5 Å². The zero-order valence-corrected chi connectivity index (χ0v) is 18.3. The lowest BCUT2D eigenvalue weighted by molar-refractivity contribution is -0.141. The van der Waals surface area contributed by atoms with E-state index in [2.05, 4.69) is 33.6 Å². The molecule has 0 aliphatic carbocycles. The fraction of sp³-hybridized carbons (Fsp3) is 0.400. The number of aliphatic hydroxyl groups is 1. The third kappa shape index (κ3) is 6.45. The van der Waals surface area contributed by atoms with Crippen LogP contribution >= 0.6 is 12.6 Å². The monoisotopic (exact) mass is 465 g/mol. The smallest absolute Gasteiger partial charge is 0.327 e. The molecule has 12 heteroatoms. The molecule has 0 bridgehead atoms. The molecular formula is C20H27N5O6S. The van der Waals surface area contributed by atoms with Crippen molar-refractivity contribution in [3.8, 4) is 0 Å². The van der Waals surface area contributed by atoms with E-state index in [4.69, 9.17) is 10.8 Å². The van der Waals surface area contributed by atoms with Crippen LogP contribution in [-0.2, 0) is 25.6 Å². The fourth-order valence-corrected chi connectivity index (χ4v) is 3.21. The molecule has 2 rings (SSSR count). The number of rotatable bonds is 11. The zero-order chi connectivity index (χ0) is 23.8. The number of amides is 3. The molecule has 0 spiro atoms. The summed E-state index contributed by atoms with van der Waals surface area (Å²) in [4.78, 5) is 51.0. The fourth-order valence-electron chi connectivity index (χ4n) is 2.96. The maximum absolute atomic E-state index is 12.4. The van der Waals surface area contributed by atoms with Gasteiger partial charge in [0.1, 0.15) is 18.1 Å². The maximum atomic E-state index is 12.4. The van der Waals surface area contributed by atoms with Crippen LogP contribution in [0.1, 0.15) is 12.5 Å². The summed E-state index contributed by atoms with van der Waals surface area (Å²) in [5, 5.41) is 26.2. The van der Waals surface area contributed by atoms with Crippen molar-refractivity contribution >= 4 is 47.2 Å². The highest BCUT2D eigenvalue weighted by molar-refractivity contribution is 7.80. The molecule has 0 radical (unpaired) electrons. The standard InChI is InChI=1S/C20H27N5O6S/c1-10(17(27)24-15(8-26)19(29)25-16(9-32)20(30)31)23-18(28)13(21)6-11-7-22-14-5-3-2-4-12(11)14/h2-5,7,10,13,15-16,22,26,32H,6,8-9,21H2,1H3,(H,23,28)(H,24,27)(H,25,29)(H,30,31). The number of carboxylic acid groups (broad SMARTS) is 1. The van der Waals surface area contributed by atoms with Crippen LogP contribution in [0.3, 0.4) is 0 Å². The minimum atomic E-state index is -1.40. The summed E-state index contributed by atoms with van der Waals surface area (Å²) in [6.45, 7) is 0.628. The molecule has 1 heterocycles. The van der Waals surface area contributed by atoms with Gasteiger partial charge in [-0.2, -0.15) is 12.6 Å². The van der Waals surface area contributed by atoms with Crippen molar-refractivity contribution in [1.29, 1.82) is 0 Å². The average molecular weight is 466 g/mol. The van der Waals surface area contributed by atoms with Gasteiger partial charge in [-0.1, -0.05) is 18.2 Å². The Balaban J connectivity index is 1.91. The molecule has 0 saturated carbocycles. The van der Waals surface area contributed by atoms with E-state index in [-0.39, 0.29) is 12.2 Å². The predicted octanol–water partition coefficient (Wildman–Crippen LogP) is -1.48. The number of para-hydroxylation sites is 1. The third-order valence-electron chi connectivity index (χ3n) is 4.82. The Labute approximate surface area is 189 Å². The number of aromatic amines is 1. The van der Waals surface area contributed by atoms with Crippen LogP contribution in [0.5, 0.6) is 0 Å². The second kappa shape index (κ2) is 11.5. The van der Waals surface area contributed by atoms with E-state index in [1.165, 1.54) is 6.92 Å². The van der Waals surface area contributed by atoms with Crippen molar-refractivity contribution in [3.63, 3.8) is 0 Å². The van der Waals surface area contributed by atoms with Crippen molar-refractivity contribution < 1.29 is 29.4 Å². The first-order valence-corrected chi connectivity index (χ1v) is 10.5. The summed E-state index contributed by atoms with van der Waals surface area (Å²) < 4.78 is 0. The summed E-state index contributed by atoms with van der Waals surface area (Å²) in [5.74, 6) is -3.68. The molecule has 0 saturated heterocycles. The minimum absolute atomic E-state index is 0.173. The Hall–Kier alpha value is -3.09. The Bertz CT molecular complexity index is 980. The van der Waals surface area contributed by atoms with Gasteiger partial charge in [0.15, 0.2) is 0 Å². The van der Waals surface area contributed by atoms with Crippen LogP contribution < -0.4 is 21.7 Å². The number of H-pyrrole nitrogens is 1. The number of hydrogen-bond donors (Lipinski definition) is 8. The number of carbonyl (C=O) groups excluding carboxylic acids is 3. The first-order valence-electron chi connectivity index (χ1n) is 9.84. The van der Waals surface area contributed by atoms with E-state index < -0.39 is 54.5 Å². The maximum Gasteiger partial charge on any atom is 0.327 e. The molecule has 0 aliphatic rings. The second-order valence-corrected chi connectivity index (χ2v) is 7.59. The highest BCUT2D eigenvalue weighted by Gasteiger charge is 2.28. The predicted molar refractivity (Wildman–Crippen MR) is 120 cm³/mol. The van der Waals surface area contributed by atoms with Crippen LogP contribution in [-0.4, -0.2) is 75.4 Å². The summed E-state index contributed by atoms with van der Waals surface area (Å²) >= 11 is 3.83. The van der Waals surface area contributed by atoms with Gasteiger partial charge in [0.05, 0.1) is 12.6 Å². The highest BCUT2D eigenvalue weighted by Crippen LogP contribution is 2.18. The van der Waals surface area contributed by atoms with Gasteiger partial charge in [0.25, 0.3) is 0 Å². The Morgan fingerprint density at radius 2 is 1.72 bits per heavy atom. The Kier molecular flexibility index (Phi) is 9.05. The molecule has 1 aromatic heterocycles. The van der Waals surface area contributed by atoms with E-state index in [0.717, 1.165) is 16.5 Å². The molecule has 4 unspecified atom stereocenters. The van der Waals surface area contributed by atoms with Crippen LogP contribution in [0.25, 0.3) is 10.9 Å². The summed E-state index contributed by atoms with van der Waals surface area (Å²) in [5.41, 5.74) is 7.77. The molecule has 8 N–H and O–H groups in total. The SMILES string of the molecule is CC(NC(=O)C(N)Cc1c[nH]c2ccccc12)C(=O)NC(CO)C(=O)NC(CS)C(=O)O. The molecule has 4 atom stereocenters. The van der Waals surface area contributed by atoms with Crippen LogP contribution in [0.4, 0.5) is 0 Å². The topological polar surface area (TPSA) is 187 Å². The molecule has 0 fully saturated rings. The van der Waals surface area contributed by atoms with Gasteiger partial charge in [-0.15, -0.1) is 0 Å². The molecule has 174 valence electrons. The molecule has 1 aromatic carbocycles. The number of carboxylic acids is 1. The summed E-state index contributed by atoms with van der Waals surface area (Å²) in [6.07, 6.45) is 2.01. The molecule has 3 amide bonds. The van der Waals surface area contributed by atoms with Crippen molar-refractivity contribution in [1.82, 2.24) is 20.9 Å². The number of aromatic nitrogens is 1. The van der Waals surface area contributed by atoms with Crippen molar-refractivity contribution in [3.05, 3.63) is 36.0 Å². The first-order chi connectivity index (χ1) is 15.2. The Morgan fingerprint density at radius 3 is 2.34 bits per heavy atom. The normalized spacial score (nSPS) is 14.8. The number of carbonyl (C=O) groups is 4. The lowest BCUT2D eigenvalue weighted by Gasteiger charge is -2.22. The molecule has 2 aromatic rings. The van der Waals surface area contributed by atoms with Gasteiger partial charge in [-0.25, -0.2) is 4.79 Å². The number of nitrogens with one attached hydrogen (secondary N) is 4. The zero-order valence-electron chi connectivity index (χ0n) is 17.4. The first kappa shape index (κ1) is 25.2. The molecule has 11 nitrogen and oxygen atoms in total. The van der Waals surface area contributed by atoms with Crippen molar-refractivity contribution in [2.24, 2.45) is 5.73 Å². The van der Waals surface area contributed by atoms with E-state index >= 15 is 0 Å². The van der Waals surface area contributed by atoms with Gasteiger partial charge >= 0.3 is 5.97 Å². The lowest BCUT2D eigenvalue weighted by Crippen LogP contribution is -2.57. The Morgan fingerprint density at radius 1 is 1.06 bits per heavy atom. The van der Waals surface area contributed by atoms with Gasteiger partial charge in [0, 0.05) is 22.9 Å². The van der Waals surface area contributed by atoms with E-state index in [0.29, 0.717) is 0 Å². The third-order valence-corrected chi connectivity index (χ3v) is 5.18. The lowest BCUT2D eigenvalue weighted by atomic mass is 10.0. The van der Waals surface area contributed by atoms with Crippen LogP contribution in [0.2, 0.25) is 0 Å². The number of benzene rings is 1. The number of aliphatic carboxylic acids is 1. The molecule has 32 heavy (non-hydrogen) atoms. The van der Waals surface area contributed by atoms with Crippen molar-refractivity contribution in [2.45, 2.75) is 37.5 Å². The van der Waals surface area contributed by atoms with Crippen molar-refractivity contribution in [2.75, 3.05) is 12.4 Å². The quantitative estimate of drug-likeness (QED) is 0.186. The second-order valence-electron chi connectivity index (χ2n) is 7.23. The van der Waals surface area contributed by atoms with Gasteiger partial charge in [0.2, 0.25) is 17.7 Å². The number of nitrogens with two attached hydrogens (primary N) is 1. The highest BCUT2D eigenvalue weighted by atomic mass is 32.1. The van der Waals surface area contributed by atoms with Crippen LogP contribution in [0, 0.1) is 0 Å². The van der Waals surface area contributed by atoms with Gasteiger partial charge in [-0.3, -0.25) is 14.4 Å². The minimum Gasteiger partial charge on any atom is -0.480 e. The number of aliphatic hydroxyl groups excluding tert-OH is 1. The van der Waals surface area contributed by atoms with Gasteiger partial charge < -0.3 is 36.9 Å². The molecule has 0 aliphatic heterocycles. The number of fused-ring (bicyclic) bond motifs is 1. The van der Waals surface area contributed by atoms with Gasteiger partial charge in [-0.05, 0) is 25.0 Å². The molecular weight excluding hydrogens is 438 g/mol. The number of hydrogen-bond acceptors (Lipinski definition) is 7. The van der Waals surface area contributed by atoms with E-state index in [1.54, 1.807) is 6.20 Å². The summed E-state index contributed by atoms with van der Waals surface area (Å²) in [6, 6.07) is 2.91.